The number of hydrogen-bond donors (Lipinski definition) is 2. The van der Waals surface area contributed by atoms with Gasteiger partial charge in [-0.3, -0.25) is 0 Å². The molecule has 0 bridgehead atoms. The van der Waals surface area contributed by atoms with Crippen LogP contribution in [-0.4, -0.2) is 4.98 Å². The van der Waals surface area contributed by atoms with Crippen LogP contribution in [0.1, 0.15) is 16.7 Å². The fraction of sp³-hybridized carbons (Fsp3) is 0.143. The Labute approximate surface area is 136 Å². The number of fused-ring (bicyclic) bond motifs is 3. The Balaban J connectivity index is 1.65. The largest absolute Gasteiger partial charge is 0.381 e. The van der Waals surface area contributed by atoms with E-state index in [2.05, 4.69) is 84.8 Å². The van der Waals surface area contributed by atoms with Crippen LogP contribution >= 0.6 is 0 Å². The van der Waals surface area contributed by atoms with Gasteiger partial charge in [0, 0.05) is 34.0 Å². The van der Waals surface area contributed by atoms with Crippen LogP contribution in [0.15, 0.2) is 60.7 Å². The molecular weight excluding hydrogens is 280 g/mol. The van der Waals surface area contributed by atoms with E-state index >= 15 is 0 Å². The first-order chi connectivity index (χ1) is 11.2. The molecule has 0 amide bonds. The molecule has 23 heavy (non-hydrogen) atoms. The Morgan fingerprint density at radius 3 is 2.52 bits per heavy atom. The molecule has 4 aromatic rings. The Morgan fingerprint density at radius 2 is 1.65 bits per heavy atom. The van der Waals surface area contributed by atoms with Crippen LogP contribution < -0.4 is 5.32 Å². The molecule has 0 saturated carbocycles. The van der Waals surface area contributed by atoms with E-state index in [4.69, 9.17) is 0 Å². The summed E-state index contributed by atoms with van der Waals surface area (Å²) in [5.74, 6) is 0. The maximum Gasteiger partial charge on any atom is 0.0466 e. The smallest absolute Gasteiger partial charge is 0.0466 e. The van der Waals surface area contributed by atoms with Crippen molar-refractivity contribution in [3.63, 3.8) is 0 Å². The molecule has 0 aliphatic rings. The molecule has 0 aliphatic carbocycles. The Morgan fingerprint density at radius 1 is 0.826 bits per heavy atom. The van der Waals surface area contributed by atoms with Crippen LogP contribution in [0.2, 0.25) is 0 Å². The zero-order chi connectivity index (χ0) is 15.8. The zero-order valence-corrected chi connectivity index (χ0v) is 13.5. The van der Waals surface area contributed by atoms with Gasteiger partial charge in [0.05, 0.1) is 0 Å². The highest BCUT2D eigenvalue weighted by atomic mass is 14.9. The molecule has 0 radical (unpaired) electrons. The highest BCUT2D eigenvalue weighted by Crippen LogP contribution is 2.27. The van der Waals surface area contributed by atoms with Crippen molar-refractivity contribution in [2.45, 2.75) is 20.4 Å². The molecule has 2 N–H and O–H groups in total. The highest BCUT2D eigenvalue weighted by molar-refractivity contribution is 6.08. The number of H-pyrrole nitrogens is 1. The average molecular weight is 300 g/mol. The summed E-state index contributed by atoms with van der Waals surface area (Å²) < 4.78 is 0. The minimum absolute atomic E-state index is 0.847. The van der Waals surface area contributed by atoms with Crippen LogP contribution in [0.25, 0.3) is 21.8 Å². The van der Waals surface area contributed by atoms with E-state index in [-0.39, 0.29) is 0 Å². The summed E-state index contributed by atoms with van der Waals surface area (Å²) >= 11 is 0. The minimum Gasteiger partial charge on any atom is -0.381 e. The number of nitrogens with one attached hydrogen (secondary N) is 2. The molecule has 0 spiro atoms. The van der Waals surface area contributed by atoms with Crippen LogP contribution in [0, 0.1) is 13.8 Å². The lowest BCUT2D eigenvalue weighted by Crippen LogP contribution is -2.01. The molecule has 0 atom stereocenters. The van der Waals surface area contributed by atoms with Crippen molar-refractivity contribution < 1.29 is 0 Å². The molecule has 0 saturated heterocycles. The summed E-state index contributed by atoms with van der Waals surface area (Å²) in [5.41, 5.74) is 7.52. The summed E-state index contributed by atoms with van der Waals surface area (Å²) in [6.07, 6.45) is 0. The van der Waals surface area contributed by atoms with Gasteiger partial charge in [0.25, 0.3) is 0 Å². The van der Waals surface area contributed by atoms with E-state index in [9.17, 15) is 0 Å². The van der Waals surface area contributed by atoms with Gasteiger partial charge in [-0.05, 0) is 49.2 Å². The number of para-hydroxylation sites is 1. The van der Waals surface area contributed by atoms with Gasteiger partial charge in [-0.1, -0.05) is 42.0 Å². The third-order valence-electron chi connectivity index (χ3n) is 4.49. The Bertz CT molecular complexity index is 995. The van der Waals surface area contributed by atoms with E-state index in [1.807, 2.05) is 0 Å². The minimum atomic E-state index is 0.847. The maximum atomic E-state index is 3.55. The predicted octanol–water partition coefficient (Wildman–Crippen LogP) is 5.55. The van der Waals surface area contributed by atoms with E-state index in [1.165, 1.54) is 38.5 Å². The molecule has 114 valence electrons. The third-order valence-corrected chi connectivity index (χ3v) is 4.49. The molecule has 0 unspecified atom stereocenters. The second-order valence-corrected chi connectivity index (χ2v) is 6.21. The molecule has 2 heteroatoms. The summed E-state index contributed by atoms with van der Waals surface area (Å²) in [4.78, 5) is 3.47. The molecule has 4 rings (SSSR count). The molecule has 2 nitrogen and oxygen atoms in total. The van der Waals surface area contributed by atoms with Gasteiger partial charge in [0.2, 0.25) is 0 Å². The third kappa shape index (κ3) is 2.57. The number of anilines is 1. The Kier molecular flexibility index (Phi) is 3.30. The van der Waals surface area contributed by atoms with Crippen molar-refractivity contribution in [1.82, 2.24) is 4.98 Å². The van der Waals surface area contributed by atoms with Crippen LogP contribution in [0.5, 0.6) is 0 Å². The SMILES string of the molecule is Cc1ccc(CNc2ccc3[nH]c4ccccc4c3c2)c(C)c1. The lowest BCUT2D eigenvalue weighted by molar-refractivity contribution is 1.11. The summed E-state index contributed by atoms with van der Waals surface area (Å²) in [5, 5.41) is 6.10. The first-order valence-corrected chi connectivity index (χ1v) is 8.01. The van der Waals surface area contributed by atoms with Gasteiger partial charge in [0.1, 0.15) is 0 Å². The van der Waals surface area contributed by atoms with Crippen molar-refractivity contribution in [2.24, 2.45) is 0 Å². The van der Waals surface area contributed by atoms with Crippen molar-refractivity contribution in [1.29, 1.82) is 0 Å². The molecule has 1 heterocycles. The van der Waals surface area contributed by atoms with Gasteiger partial charge < -0.3 is 10.3 Å². The summed E-state index contributed by atoms with van der Waals surface area (Å²) in [6.45, 7) is 5.15. The van der Waals surface area contributed by atoms with Gasteiger partial charge in [-0.2, -0.15) is 0 Å². The van der Waals surface area contributed by atoms with E-state index < -0.39 is 0 Å². The van der Waals surface area contributed by atoms with Crippen molar-refractivity contribution in [3.8, 4) is 0 Å². The number of aromatic nitrogens is 1. The van der Waals surface area contributed by atoms with Gasteiger partial charge in [0.15, 0.2) is 0 Å². The van der Waals surface area contributed by atoms with E-state index in [0.29, 0.717) is 0 Å². The van der Waals surface area contributed by atoms with E-state index in [0.717, 1.165) is 12.2 Å². The lowest BCUT2D eigenvalue weighted by Gasteiger charge is -2.10. The number of benzene rings is 3. The van der Waals surface area contributed by atoms with E-state index in [1.54, 1.807) is 0 Å². The number of hydrogen-bond acceptors (Lipinski definition) is 1. The molecule has 3 aromatic carbocycles. The quantitative estimate of drug-likeness (QED) is 0.510. The highest BCUT2D eigenvalue weighted by Gasteiger charge is 2.05. The van der Waals surface area contributed by atoms with Gasteiger partial charge in [-0.15, -0.1) is 0 Å². The van der Waals surface area contributed by atoms with Crippen molar-refractivity contribution in [3.05, 3.63) is 77.4 Å². The fourth-order valence-corrected chi connectivity index (χ4v) is 3.20. The average Bonchev–Trinajstić information content (AvgIpc) is 2.92. The van der Waals surface area contributed by atoms with Crippen molar-refractivity contribution >= 4 is 27.5 Å². The Hall–Kier alpha value is -2.74. The monoisotopic (exact) mass is 300 g/mol. The van der Waals surface area contributed by atoms with Gasteiger partial charge >= 0.3 is 0 Å². The normalized spacial score (nSPS) is 11.2. The second-order valence-electron chi connectivity index (χ2n) is 6.21. The molecule has 0 fully saturated rings. The molecule has 0 aliphatic heterocycles. The fourth-order valence-electron chi connectivity index (χ4n) is 3.20. The van der Waals surface area contributed by atoms with Crippen LogP contribution in [0.3, 0.4) is 0 Å². The summed E-state index contributed by atoms with van der Waals surface area (Å²) in [6, 6.07) is 21.6. The predicted molar refractivity (Wildman–Crippen MR) is 99.0 cm³/mol. The topological polar surface area (TPSA) is 27.8 Å². The first kappa shape index (κ1) is 13.9. The maximum absolute atomic E-state index is 3.55. The number of aromatic amines is 1. The summed E-state index contributed by atoms with van der Waals surface area (Å²) in [7, 11) is 0. The van der Waals surface area contributed by atoms with Gasteiger partial charge in [-0.25, -0.2) is 0 Å². The second kappa shape index (κ2) is 5.47. The zero-order valence-electron chi connectivity index (χ0n) is 13.5. The first-order valence-electron chi connectivity index (χ1n) is 8.01. The number of aryl methyl sites for hydroxylation is 2. The van der Waals surface area contributed by atoms with Crippen molar-refractivity contribution in [2.75, 3.05) is 5.32 Å². The number of rotatable bonds is 3. The lowest BCUT2D eigenvalue weighted by atomic mass is 10.1. The standard InChI is InChI=1S/C21H20N2/c1-14-7-8-16(15(2)11-14)13-22-17-9-10-21-19(12-17)18-5-3-4-6-20(18)23-21/h3-12,22-23H,13H2,1-2H3. The molecular formula is C21H20N2. The van der Waals surface area contributed by atoms with Crippen LogP contribution in [-0.2, 0) is 6.54 Å². The van der Waals surface area contributed by atoms with Crippen LogP contribution in [0.4, 0.5) is 5.69 Å². The molecule has 1 aromatic heterocycles.